The number of benzene rings is 2. The van der Waals surface area contributed by atoms with Crippen LogP contribution < -0.4 is 15.2 Å². The predicted octanol–water partition coefficient (Wildman–Crippen LogP) is 1.58. The van der Waals surface area contributed by atoms with Gasteiger partial charge >= 0.3 is 0 Å². The van der Waals surface area contributed by atoms with Crippen LogP contribution in [0.1, 0.15) is 5.56 Å². The summed E-state index contributed by atoms with van der Waals surface area (Å²) in [6.07, 6.45) is 2.18. The number of hydrogen-bond donors (Lipinski definition) is 0. The minimum atomic E-state index is -0.402. The molecule has 0 aliphatic carbocycles. The Kier molecular flexibility index (Phi) is 4.27. The number of amides is 1. The maximum atomic E-state index is 12.9. The van der Waals surface area contributed by atoms with Gasteiger partial charge in [0.25, 0.3) is 5.56 Å². The van der Waals surface area contributed by atoms with E-state index < -0.39 is 5.56 Å². The van der Waals surface area contributed by atoms with Gasteiger partial charge < -0.3 is 9.64 Å². The van der Waals surface area contributed by atoms with E-state index in [0.717, 1.165) is 17.7 Å². The van der Waals surface area contributed by atoms with Crippen LogP contribution in [-0.4, -0.2) is 44.1 Å². The molecular weight excluding hydrogens is 384 g/mol. The number of ether oxygens (including phenoxy) is 1. The largest absolute Gasteiger partial charge is 0.497 e. The SMILES string of the molecule is COc1ccc(-n2nnc3c(=O)n(CC(=O)N4CCc5ccccc54)cnc32)cc1. The Morgan fingerprint density at radius 2 is 1.93 bits per heavy atom. The van der Waals surface area contributed by atoms with Crippen LogP contribution in [0.5, 0.6) is 5.75 Å². The molecule has 0 N–H and O–H groups in total. The molecule has 0 saturated carbocycles. The minimum Gasteiger partial charge on any atom is -0.497 e. The van der Waals surface area contributed by atoms with E-state index >= 15 is 0 Å². The van der Waals surface area contributed by atoms with Crippen molar-refractivity contribution in [3.05, 3.63) is 70.8 Å². The molecular formula is C21H18N6O3. The van der Waals surface area contributed by atoms with E-state index in [-0.39, 0.29) is 18.0 Å². The van der Waals surface area contributed by atoms with E-state index in [9.17, 15) is 9.59 Å². The highest BCUT2D eigenvalue weighted by molar-refractivity contribution is 5.95. The van der Waals surface area contributed by atoms with Crippen LogP contribution in [-0.2, 0) is 17.8 Å². The molecule has 2 aromatic heterocycles. The van der Waals surface area contributed by atoms with Crippen molar-refractivity contribution in [3.63, 3.8) is 0 Å². The molecule has 1 amide bonds. The topological polar surface area (TPSA) is 95.1 Å². The van der Waals surface area contributed by atoms with Crippen molar-refractivity contribution in [2.45, 2.75) is 13.0 Å². The fourth-order valence-electron chi connectivity index (χ4n) is 3.68. The first-order valence-electron chi connectivity index (χ1n) is 9.49. The maximum absolute atomic E-state index is 12.9. The molecule has 0 atom stereocenters. The summed E-state index contributed by atoms with van der Waals surface area (Å²) >= 11 is 0. The molecule has 0 radical (unpaired) electrons. The average Bonchev–Trinajstić information content (AvgIpc) is 3.40. The van der Waals surface area contributed by atoms with E-state index in [1.54, 1.807) is 36.3 Å². The monoisotopic (exact) mass is 402 g/mol. The second-order valence-corrected chi connectivity index (χ2v) is 6.97. The molecule has 0 bridgehead atoms. The molecule has 0 saturated heterocycles. The Labute approximate surface area is 171 Å². The summed E-state index contributed by atoms with van der Waals surface area (Å²) in [6, 6.07) is 15.0. The Morgan fingerprint density at radius 1 is 1.13 bits per heavy atom. The van der Waals surface area contributed by atoms with Crippen molar-refractivity contribution in [2.24, 2.45) is 0 Å². The number of aromatic nitrogens is 5. The standard InChI is InChI=1S/C21H18N6O3/c1-30-16-8-6-15(7-9-16)27-20-19(23-24-27)21(29)25(13-22-20)12-18(28)26-11-10-14-4-2-3-5-17(14)26/h2-9,13H,10-12H2,1H3. The number of anilines is 1. The van der Waals surface area contributed by atoms with Crippen LogP contribution in [0.25, 0.3) is 16.9 Å². The summed E-state index contributed by atoms with van der Waals surface area (Å²) in [5.74, 6) is 0.547. The van der Waals surface area contributed by atoms with Crippen molar-refractivity contribution < 1.29 is 9.53 Å². The predicted molar refractivity (Wildman–Crippen MR) is 110 cm³/mol. The van der Waals surface area contributed by atoms with Crippen molar-refractivity contribution in [2.75, 3.05) is 18.6 Å². The number of fused-ring (bicyclic) bond motifs is 2. The summed E-state index contributed by atoms with van der Waals surface area (Å²) in [6.45, 7) is 0.502. The molecule has 3 heterocycles. The highest BCUT2D eigenvalue weighted by atomic mass is 16.5. The van der Waals surface area contributed by atoms with Crippen molar-refractivity contribution in [1.82, 2.24) is 24.5 Å². The fraction of sp³-hybridized carbons (Fsp3) is 0.190. The van der Waals surface area contributed by atoms with Gasteiger partial charge in [0.05, 0.1) is 12.8 Å². The number of para-hydroxylation sites is 1. The number of methoxy groups -OCH3 is 1. The molecule has 9 heteroatoms. The first-order valence-corrected chi connectivity index (χ1v) is 9.49. The zero-order valence-corrected chi connectivity index (χ0v) is 16.2. The van der Waals surface area contributed by atoms with Gasteiger partial charge in [-0.2, -0.15) is 4.68 Å². The van der Waals surface area contributed by atoms with Gasteiger partial charge in [-0.05, 0) is 42.3 Å². The molecule has 4 aromatic rings. The highest BCUT2D eigenvalue weighted by Crippen LogP contribution is 2.27. The molecule has 1 aliphatic heterocycles. The molecule has 2 aromatic carbocycles. The zero-order valence-electron chi connectivity index (χ0n) is 16.2. The molecule has 1 aliphatic rings. The summed E-state index contributed by atoms with van der Waals surface area (Å²) in [5.41, 5.74) is 2.78. The first kappa shape index (κ1) is 18.0. The Bertz CT molecular complexity index is 1310. The zero-order chi connectivity index (χ0) is 20.7. The second kappa shape index (κ2) is 7.11. The lowest BCUT2D eigenvalue weighted by Crippen LogP contribution is -2.35. The quantitative estimate of drug-likeness (QED) is 0.514. The third-order valence-corrected chi connectivity index (χ3v) is 5.24. The first-order chi connectivity index (χ1) is 14.7. The summed E-state index contributed by atoms with van der Waals surface area (Å²) < 4.78 is 7.92. The van der Waals surface area contributed by atoms with Crippen LogP contribution in [0.4, 0.5) is 5.69 Å². The number of hydrogen-bond acceptors (Lipinski definition) is 6. The van der Waals surface area contributed by atoms with Gasteiger partial charge in [-0.15, -0.1) is 5.10 Å². The van der Waals surface area contributed by atoms with E-state index in [0.29, 0.717) is 23.6 Å². The van der Waals surface area contributed by atoms with Gasteiger partial charge in [-0.25, -0.2) is 4.98 Å². The number of carbonyl (C=O) groups excluding carboxylic acids is 1. The molecule has 5 rings (SSSR count). The van der Waals surface area contributed by atoms with Gasteiger partial charge in [0.1, 0.15) is 18.6 Å². The fourth-order valence-corrected chi connectivity index (χ4v) is 3.68. The molecule has 0 unspecified atom stereocenters. The van der Waals surface area contributed by atoms with Gasteiger partial charge in [-0.3, -0.25) is 14.2 Å². The number of rotatable bonds is 4. The molecule has 30 heavy (non-hydrogen) atoms. The van der Waals surface area contributed by atoms with Gasteiger partial charge in [-0.1, -0.05) is 23.4 Å². The van der Waals surface area contributed by atoms with Crippen LogP contribution in [0, 0.1) is 0 Å². The lowest BCUT2D eigenvalue weighted by Gasteiger charge is -2.17. The van der Waals surface area contributed by atoms with Gasteiger partial charge in [0.2, 0.25) is 5.91 Å². The summed E-state index contributed by atoms with van der Waals surface area (Å²) in [4.78, 5) is 31.8. The normalized spacial score (nSPS) is 12.9. The van der Waals surface area contributed by atoms with Crippen LogP contribution in [0.2, 0.25) is 0 Å². The third kappa shape index (κ3) is 2.91. The average molecular weight is 402 g/mol. The van der Waals surface area contributed by atoms with Crippen LogP contribution in [0.3, 0.4) is 0 Å². The lowest BCUT2D eigenvalue weighted by atomic mass is 10.2. The van der Waals surface area contributed by atoms with E-state index in [4.69, 9.17) is 4.74 Å². The van der Waals surface area contributed by atoms with Crippen molar-refractivity contribution in [1.29, 1.82) is 0 Å². The maximum Gasteiger partial charge on any atom is 0.284 e. The van der Waals surface area contributed by atoms with E-state index in [1.165, 1.54) is 15.6 Å². The van der Waals surface area contributed by atoms with E-state index in [1.807, 2.05) is 24.3 Å². The van der Waals surface area contributed by atoms with Gasteiger partial charge in [0.15, 0.2) is 11.2 Å². The summed E-state index contributed by atoms with van der Waals surface area (Å²) in [7, 11) is 1.59. The molecule has 0 spiro atoms. The third-order valence-electron chi connectivity index (χ3n) is 5.24. The minimum absolute atomic E-state index is 0.106. The molecule has 150 valence electrons. The van der Waals surface area contributed by atoms with Crippen LogP contribution >= 0.6 is 0 Å². The Hall–Kier alpha value is -4.01. The smallest absolute Gasteiger partial charge is 0.284 e. The summed E-state index contributed by atoms with van der Waals surface area (Å²) in [5, 5.41) is 8.06. The van der Waals surface area contributed by atoms with Gasteiger partial charge in [0, 0.05) is 12.2 Å². The second-order valence-electron chi connectivity index (χ2n) is 6.97. The lowest BCUT2D eigenvalue weighted by molar-refractivity contribution is -0.119. The van der Waals surface area contributed by atoms with Crippen molar-refractivity contribution >= 4 is 22.8 Å². The number of nitrogens with zero attached hydrogens (tertiary/aromatic N) is 6. The van der Waals surface area contributed by atoms with E-state index in [2.05, 4.69) is 15.3 Å². The van der Waals surface area contributed by atoms with Crippen molar-refractivity contribution in [3.8, 4) is 11.4 Å². The Balaban J connectivity index is 1.45. The van der Waals surface area contributed by atoms with Crippen LogP contribution in [0.15, 0.2) is 59.7 Å². The number of carbonyl (C=O) groups is 1. The highest BCUT2D eigenvalue weighted by Gasteiger charge is 2.25. The molecule has 0 fully saturated rings. The molecule has 9 nitrogen and oxygen atoms in total. The Morgan fingerprint density at radius 3 is 2.73 bits per heavy atom.